The van der Waals surface area contributed by atoms with Crippen molar-refractivity contribution in [2.45, 2.75) is 200 Å². The zero-order valence-corrected chi connectivity index (χ0v) is 38.7. The second kappa shape index (κ2) is 33.6. The minimum atomic E-state index is -3.61. The molecule has 10 nitrogen and oxygen atoms in total. The van der Waals surface area contributed by atoms with Gasteiger partial charge in [-0.25, -0.2) is 19.1 Å². The third-order valence-corrected chi connectivity index (χ3v) is 12.6. The van der Waals surface area contributed by atoms with E-state index in [1.807, 2.05) is 6.07 Å². The fraction of sp³-hybridized carbons (Fsp3) is 0.694. The number of hydrogen-bond donors (Lipinski definition) is 1. The van der Waals surface area contributed by atoms with Gasteiger partial charge in [-0.05, 0) is 82.4 Å². The van der Waals surface area contributed by atoms with Gasteiger partial charge in [0.1, 0.15) is 11.3 Å². The summed E-state index contributed by atoms with van der Waals surface area (Å²) in [5.41, 5.74) is 0.584. The summed E-state index contributed by atoms with van der Waals surface area (Å²) in [6.45, 7) is 5.35. The first kappa shape index (κ1) is 51.3. The molecule has 3 rings (SSSR count). The molecule has 0 aliphatic carbocycles. The highest BCUT2D eigenvalue weighted by Crippen LogP contribution is 2.44. The SMILES string of the molecule is CCCCCCCC/C=C\CCCCCCCCOP(=O)(NCc1cn(-c2cc3ccc(OC)cc3oc2=O)nn1)OCCCCCCCC/C=C\CCCCCCCC. The number of nitrogens with zero attached hydrogens (tertiary/aromatic N) is 3. The summed E-state index contributed by atoms with van der Waals surface area (Å²) in [7, 11) is -2.05. The van der Waals surface area contributed by atoms with E-state index in [1.165, 1.54) is 146 Å². The highest BCUT2D eigenvalue weighted by Gasteiger charge is 2.25. The number of ether oxygens (including phenoxy) is 1. The molecule has 1 N–H and O–H groups in total. The molecule has 0 saturated heterocycles. The lowest BCUT2D eigenvalue weighted by molar-refractivity contribution is 0.188. The molecular weight excluding hydrogens is 772 g/mol. The first-order valence-corrected chi connectivity index (χ1v) is 25.5. The molecule has 0 aliphatic heterocycles. The van der Waals surface area contributed by atoms with Crippen molar-refractivity contribution in [1.82, 2.24) is 20.1 Å². The van der Waals surface area contributed by atoms with E-state index in [9.17, 15) is 9.36 Å². The molecule has 0 bridgehead atoms. The number of fused-ring (bicyclic) bond motifs is 1. The highest BCUT2D eigenvalue weighted by molar-refractivity contribution is 7.51. The number of benzene rings is 1. The molecule has 338 valence electrons. The van der Waals surface area contributed by atoms with E-state index in [0.717, 1.165) is 43.9 Å². The third kappa shape index (κ3) is 23.3. The van der Waals surface area contributed by atoms with Crippen LogP contribution in [0.25, 0.3) is 16.7 Å². The number of allylic oxidation sites excluding steroid dienone is 4. The third-order valence-electron chi connectivity index (χ3n) is 11.0. The van der Waals surface area contributed by atoms with Gasteiger partial charge in [0.05, 0.1) is 38.8 Å². The number of aromatic nitrogens is 3. The van der Waals surface area contributed by atoms with Crippen molar-refractivity contribution in [3.05, 3.63) is 70.9 Å². The molecule has 2 heterocycles. The Hall–Kier alpha value is -3.04. The fourth-order valence-corrected chi connectivity index (χ4v) is 8.59. The zero-order chi connectivity index (χ0) is 42.8. The average Bonchev–Trinajstić information content (AvgIpc) is 3.73. The van der Waals surface area contributed by atoms with E-state index in [4.69, 9.17) is 18.2 Å². The number of methoxy groups -OCH3 is 1. The number of unbranched alkanes of at least 4 members (excludes halogenated alkanes) is 24. The van der Waals surface area contributed by atoms with Gasteiger partial charge >= 0.3 is 13.4 Å². The Balaban J connectivity index is 1.37. The summed E-state index contributed by atoms with van der Waals surface area (Å²) in [6, 6.07) is 6.99. The molecular formula is C49H81N4O6P. The maximum absolute atomic E-state index is 13.9. The Morgan fingerprint density at radius 2 is 1.12 bits per heavy atom. The van der Waals surface area contributed by atoms with Crippen molar-refractivity contribution >= 4 is 18.7 Å². The minimum absolute atomic E-state index is 0.105. The standard InChI is InChI=1S/C49H81N4O6P/c1-4-6-8-10-12-14-16-18-20-22-24-26-28-30-32-34-38-57-60(55,58-39-35-33-31-29-27-25-23-21-19-17-15-13-11-9-7-5-2)50-42-45-43-53(52-51-45)47-40-44-36-37-46(56-3)41-48(44)59-49(47)54/h18-21,36-37,40-41,43H,4-17,22-35,38-39,42H2,1-3H3,(H,50,55)/b20-18-,21-19-. The lowest BCUT2D eigenvalue weighted by atomic mass is 10.1. The van der Waals surface area contributed by atoms with Gasteiger partial charge in [0, 0.05) is 11.5 Å². The van der Waals surface area contributed by atoms with Gasteiger partial charge in [-0.3, -0.25) is 9.05 Å². The van der Waals surface area contributed by atoms with Gasteiger partial charge in [0.2, 0.25) is 0 Å². The normalized spacial score (nSPS) is 12.2. The minimum Gasteiger partial charge on any atom is -0.497 e. The van der Waals surface area contributed by atoms with Crippen molar-refractivity contribution in [1.29, 1.82) is 0 Å². The van der Waals surface area contributed by atoms with Crippen LogP contribution in [0.1, 0.15) is 199 Å². The summed E-state index contributed by atoms with van der Waals surface area (Å²) >= 11 is 0. The quantitative estimate of drug-likeness (QED) is 0.0259. The van der Waals surface area contributed by atoms with Crippen molar-refractivity contribution in [2.24, 2.45) is 0 Å². The van der Waals surface area contributed by atoms with Crippen LogP contribution in [0.2, 0.25) is 0 Å². The van der Waals surface area contributed by atoms with Crippen molar-refractivity contribution in [3.8, 4) is 11.4 Å². The molecule has 0 amide bonds. The summed E-state index contributed by atoms with van der Waals surface area (Å²) in [6.07, 6.45) is 45.4. The summed E-state index contributed by atoms with van der Waals surface area (Å²) in [4.78, 5) is 12.8. The molecule has 0 aliphatic rings. The van der Waals surface area contributed by atoms with Crippen molar-refractivity contribution in [2.75, 3.05) is 20.3 Å². The number of nitrogens with one attached hydrogen (secondary N) is 1. The van der Waals surface area contributed by atoms with E-state index in [0.29, 0.717) is 30.2 Å². The predicted molar refractivity (Wildman–Crippen MR) is 249 cm³/mol. The van der Waals surface area contributed by atoms with Crippen LogP contribution < -0.4 is 15.4 Å². The van der Waals surface area contributed by atoms with Crippen LogP contribution in [-0.4, -0.2) is 35.3 Å². The number of hydrogen-bond acceptors (Lipinski definition) is 8. The van der Waals surface area contributed by atoms with Crippen LogP contribution in [0.5, 0.6) is 5.75 Å². The van der Waals surface area contributed by atoms with E-state index in [2.05, 4.69) is 53.6 Å². The monoisotopic (exact) mass is 853 g/mol. The van der Waals surface area contributed by atoms with Gasteiger partial charge in [0.15, 0.2) is 5.69 Å². The summed E-state index contributed by atoms with van der Waals surface area (Å²) in [5.74, 6) is 0.599. The Kier molecular flexibility index (Phi) is 28.7. The average molecular weight is 853 g/mol. The molecule has 2 aromatic heterocycles. The van der Waals surface area contributed by atoms with E-state index < -0.39 is 13.4 Å². The van der Waals surface area contributed by atoms with Crippen LogP contribution in [0.4, 0.5) is 0 Å². The lowest BCUT2D eigenvalue weighted by Crippen LogP contribution is -2.16. The molecule has 11 heteroatoms. The van der Waals surface area contributed by atoms with Gasteiger partial charge in [-0.1, -0.05) is 159 Å². The Labute approximate surface area is 363 Å². The molecule has 0 unspecified atom stereocenters. The van der Waals surface area contributed by atoms with Gasteiger partial charge in [0.25, 0.3) is 0 Å². The van der Waals surface area contributed by atoms with Crippen LogP contribution in [0, 0.1) is 0 Å². The van der Waals surface area contributed by atoms with E-state index >= 15 is 0 Å². The summed E-state index contributed by atoms with van der Waals surface area (Å²) in [5, 5.41) is 12.1. The molecule has 0 fully saturated rings. The fourth-order valence-electron chi connectivity index (χ4n) is 7.24. The van der Waals surface area contributed by atoms with Gasteiger partial charge in [-0.2, -0.15) is 0 Å². The molecule has 3 aromatic rings. The molecule has 0 saturated carbocycles. The topological polar surface area (TPSA) is 118 Å². The smallest absolute Gasteiger partial charge is 0.405 e. The first-order valence-electron chi connectivity index (χ1n) is 24.0. The molecule has 0 atom stereocenters. The number of rotatable bonds is 39. The van der Waals surface area contributed by atoms with E-state index in [-0.39, 0.29) is 12.2 Å². The Morgan fingerprint density at radius 1 is 0.650 bits per heavy atom. The second-order valence-electron chi connectivity index (χ2n) is 16.4. The Bertz CT molecular complexity index is 1640. The largest absolute Gasteiger partial charge is 0.497 e. The highest BCUT2D eigenvalue weighted by atomic mass is 31.2. The van der Waals surface area contributed by atoms with Gasteiger partial charge < -0.3 is 9.15 Å². The lowest BCUT2D eigenvalue weighted by Gasteiger charge is -2.19. The maximum atomic E-state index is 13.9. The first-order chi connectivity index (χ1) is 29.5. The van der Waals surface area contributed by atoms with Crippen LogP contribution in [0.15, 0.2) is 64.0 Å². The van der Waals surface area contributed by atoms with Crippen LogP contribution in [-0.2, 0) is 20.2 Å². The van der Waals surface area contributed by atoms with Crippen molar-refractivity contribution < 1.29 is 22.8 Å². The predicted octanol–water partition coefficient (Wildman–Crippen LogP) is 14.7. The summed E-state index contributed by atoms with van der Waals surface area (Å²) < 4.78 is 38.0. The zero-order valence-electron chi connectivity index (χ0n) is 37.9. The van der Waals surface area contributed by atoms with Gasteiger partial charge in [-0.15, -0.1) is 5.10 Å². The molecule has 1 aromatic carbocycles. The van der Waals surface area contributed by atoms with Crippen molar-refractivity contribution in [3.63, 3.8) is 0 Å². The van der Waals surface area contributed by atoms with Crippen LogP contribution in [0.3, 0.4) is 0 Å². The maximum Gasteiger partial charge on any atom is 0.405 e. The molecule has 0 spiro atoms. The van der Waals surface area contributed by atoms with E-state index in [1.54, 1.807) is 31.5 Å². The van der Waals surface area contributed by atoms with Crippen LogP contribution >= 0.6 is 7.75 Å². The molecule has 60 heavy (non-hydrogen) atoms. The molecule has 0 radical (unpaired) electrons. The Morgan fingerprint density at radius 3 is 1.60 bits per heavy atom. The second-order valence-corrected chi connectivity index (χ2v) is 18.2.